The summed E-state index contributed by atoms with van der Waals surface area (Å²) >= 11 is 0. The van der Waals surface area contributed by atoms with Gasteiger partial charge in [-0.15, -0.1) is 12.4 Å². The molecule has 4 rings (SSSR count). The van der Waals surface area contributed by atoms with Crippen LogP contribution in [0.1, 0.15) is 49.0 Å². The molecule has 0 radical (unpaired) electrons. The predicted molar refractivity (Wildman–Crippen MR) is 107 cm³/mol. The Hall–Kier alpha value is -2.18. The molecule has 27 heavy (non-hydrogen) atoms. The zero-order valence-corrected chi connectivity index (χ0v) is 16.8. The van der Waals surface area contributed by atoms with E-state index < -0.39 is 0 Å². The molecule has 3 aromatic rings. The van der Waals surface area contributed by atoms with E-state index in [-0.39, 0.29) is 17.9 Å². The second-order valence-electron chi connectivity index (χ2n) is 7.42. The van der Waals surface area contributed by atoms with Crippen molar-refractivity contribution in [1.82, 2.24) is 25.2 Å². The fourth-order valence-corrected chi connectivity index (χ4v) is 3.62. The van der Waals surface area contributed by atoms with Crippen molar-refractivity contribution in [2.24, 2.45) is 0 Å². The van der Waals surface area contributed by atoms with Gasteiger partial charge in [0.25, 0.3) is 0 Å². The first-order chi connectivity index (χ1) is 12.5. The van der Waals surface area contributed by atoms with Gasteiger partial charge in [0.2, 0.25) is 11.7 Å². The lowest BCUT2D eigenvalue weighted by Gasteiger charge is -2.31. The third-order valence-corrected chi connectivity index (χ3v) is 5.14. The van der Waals surface area contributed by atoms with Crippen LogP contribution >= 0.6 is 12.4 Å². The lowest BCUT2D eigenvalue weighted by Crippen LogP contribution is -2.43. The first-order valence-electron chi connectivity index (χ1n) is 9.23. The highest BCUT2D eigenvalue weighted by Crippen LogP contribution is 2.30. The highest BCUT2D eigenvalue weighted by molar-refractivity contribution is 5.85. The van der Waals surface area contributed by atoms with Crippen LogP contribution in [0.5, 0.6) is 0 Å². The number of aryl methyl sites for hydroxylation is 2. The van der Waals surface area contributed by atoms with Gasteiger partial charge in [-0.1, -0.05) is 23.4 Å². The van der Waals surface area contributed by atoms with Crippen LogP contribution in [0.2, 0.25) is 0 Å². The van der Waals surface area contributed by atoms with Crippen LogP contribution in [0, 0.1) is 13.8 Å². The van der Waals surface area contributed by atoms with Crippen LogP contribution < -0.4 is 5.32 Å². The number of hydrogen-bond acceptors (Lipinski definition) is 5. The van der Waals surface area contributed by atoms with Gasteiger partial charge in [-0.3, -0.25) is 4.68 Å². The Bertz CT molecular complexity index is 911. The summed E-state index contributed by atoms with van der Waals surface area (Å²) in [6, 6.07) is 10.4. The summed E-state index contributed by atoms with van der Waals surface area (Å²) < 4.78 is 7.62. The van der Waals surface area contributed by atoms with Gasteiger partial charge in [-0.2, -0.15) is 10.1 Å². The minimum absolute atomic E-state index is 0. The summed E-state index contributed by atoms with van der Waals surface area (Å²) in [6.07, 6.45) is 3.40. The van der Waals surface area contributed by atoms with Crippen molar-refractivity contribution in [2.45, 2.75) is 52.1 Å². The topological polar surface area (TPSA) is 68.8 Å². The van der Waals surface area contributed by atoms with E-state index in [2.05, 4.69) is 52.6 Å². The SMILES string of the molecule is Cc1cc(C)n(Cc2cccc(-c3noc(C4(C)CCCCN4)n3)c2)n1.Cl. The number of hydrogen-bond donors (Lipinski definition) is 1. The molecule has 1 aliphatic rings. The van der Waals surface area contributed by atoms with Gasteiger partial charge >= 0.3 is 0 Å². The fourth-order valence-electron chi connectivity index (χ4n) is 3.62. The zero-order chi connectivity index (χ0) is 18.1. The molecule has 1 saturated heterocycles. The Morgan fingerprint density at radius 2 is 2.07 bits per heavy atom. The zero-order valence-electron chi connectivity index (χ0n) is 16.0. The number of halogens is 1. The molecule has 6 nitrogen and oxygen atoms in total. The molecule has 1 N–H and O–H groups in total. The van der Waals surface area contributed by atoms with Crippen LogP contribution in [0.25, 0.3) is 11.4 Å². The van der Waals surface area contributed by atoms with E-state index in [0.29, 0.717) is 11.7 Å². The highest BCUT2D eigenvalue weighted by Gasteiger charge is 2.34. The predicted octanol–water partition coefficient (Wildman–Crippen LogP) is 4.01. The van der Waals surface area contributed by atoms with E-state index in [1.54, 1.807) is 0 Å². The number of benzene rings is 1. The van der Waals surface area contributed by atoms with Gasteiger partial charge < -0.3 is 9.84 Å². The molecule has 1 aromatic carbocycles. The summed E-state index contributed by atoms with van der Waals surface area (Å²) in [5.74, 6) is 1.32. The second-order valence-corrected chi connectivity index (χ2v) is 7.42. The monoisotopic (exact) mass is 387 g/mol. The molecular weight excluding hydrogens is 362 g/mol. The average molecular weight is 388 g/mol. The van der Waals surface area contributed by atoms with Crippen LogP contribution in [0.4, 0.5) is 0 Å². The Labute approximate surface area is 165 Å². The van der Waals surface area contributed by atoms with E-state index >= 15 is 0 Å². The maximum Gasteiger partial charge on any atom is 0.246 e. The Kier molecular flexibility index (Phi) is 5.67. The summed E-state index contributed by atoms with van der Waals surface area (Å²) in [5.41, 5.74) is 4.12. The van der Waals surface area contributed by atoms with E-state index in [1.807, 2.05) is 23.7 Å². The molecule has 0 aliphatic carbocycles. The maximum atomic E-state index is 5.60. The number of nitrogens with zero attached hydrogens (tertiary/aromatic N) is 4. The van der Waals surface area contributed by atoms with Gasteiger partial charge in [0, 0.05) is 11.3 Å². The third-order valence-electron chi connectivity index (χ3n) is 5.14. The lowest BCUT2D eigenvalue weighted by atomic mass is 9.91. The van der Waals surface area contributed by atoms with Gasteiger partial charge in [-0.05, 0) is 64.3 Å². The molecule has 1 atom stereocenters. The van der Waals surface area contributed by atoms with Crippen LogP contribution in [0.3, 0.4) is 0 Å². The molecule has 0 spiro atoms. The molecule has 2 aromatic heterocycles. The standard InChI is InChI=1S/C20H25N5O.ClH/c1-14-11-15(2)25(23-14)13-16-7-6-8-17(12-16)18-22-19(26-24-18)20(3)9-4-5-10-21-20;/h6-8,11-12,21H,4-5,9-10,13H2,1-3H3;1H. The number of aromatic nitrogens is 4. The summed E-state index contributed by atoms with van der Waals surface area (Å²) in [5, 5.41) is 12.3. The minimum Gasteiger partial charge on any atom is -0.337 e. The van der Waals surface area contributed by atoms with Gasteiger partial charge in [0.05, 0.1) is 17.8 Å². The molecule has 1 fully saturated rings. The Balaban J connectivity index is 0.00000210. The second kappa shape index (κ2) is 7.82. The molecule has 7 heteroatoms. The quantitative estimate of drug-likeness (QED) is 0.732. The molecule has 144 valence electrons. The van der Waals surface area contributed by atoms with Gasteiger partial charge in [0.1, 0.15) is 0 Å². The average Bonchev–Trinajstić information content (AvgIpc) is 3.24. The molecule has 1 unspecified atom stereocenters. The van der Waals surface area contributed by atoms with Crippen molar-refractivity contribution in [3.8, 4) is 11.4 Å². The third kappa shape index (κ3) is 4.06. The Morgan fingerprint density at radius 3 is 2.78 bits per heavy atom. The molecular formula is C20H26ClN5O. The first-order valence-corrected chi connectivity index (χ1v) is 9.23. The number of piperidine rings is 1. The molecule has 3 heterocycles. The number of rotatable bonds is 4. The van der Waals surface area contributed by atoms with Gasteiger partial charge in [-0.25, -0.2) is 0 Å². The lowest BCUT2D eigenvalue weighted by molar-refractivity contribution is 0.207. The minimum atomic E-state index is -0.217. The molecule has 0 bridgehead atoms. The molecule has 0 amide bonds. The summed E-state index contributed by atoms with van der Waals surface area (Å²) in [6.45, 7) is 7.96. The molecule has 0 saturated carbocycles. The smallest absolute Gasteiger partial charge is 0.246 e. The maximum absolute atomic E-state index is 5.60. The van der Waals surface area contributed by atoms with E-state index in [0.717, 1.165) is 36.5 Å². The van der Waals surface area contributed by atoms with Crippen molar-refractivity contribution in [3.05, 3.63) is 53.2 Å². The van der Waals surface area contributed by atoms with E-state index in [4.69, 9.17) is 4.52 Å². The van der Waals surface area contributed by atoms with E-state index in [9.17, 15) is 0 Å². The van der Waals surface area contributed by atoms with Crippen LogP contribution in [-0.2, 0) is 12.1 Å². The van der Waals surface area contributed by atoms with Crippen molar-refractivity contribution in [1.29, 1.82) is 0 Å². The largest absolute Gasteiger partial charge is 0.337 e. The van der Waals surface area contributed by atoms with Crippen molar-refractivity contribution in [2.75, 3.05) is 6.54 Å². The van der Waals surface area contributed by atoms with Gasteiger partial charge in [0.15, 0.2) is 0 Å². The van der Waals surface area contributed by atoms with Crippen molar-refractivity contribution < 1.29 is 4.52 Å². The normalized spacial score (nSPS) is 19.7. The van der Waals surface area contributed by atoms with E-state index in [1.165, 1.54) is 18.4 Å². The van der Waals surface area contributed by atoms with Crippen LogP contribution in [0.15, 0.2) is 34.9 Å². The van der Waals surface area contributed by atoms with Crippen molar-refractivity contribution >= 4 is 12.4 Å². The summed E-state index contributed by atoms with van der Waals surface area (Å²) in [7, 11) is 0. The summed E-state index contributed by atoms with van der Waals surface area (Å²) in [4.78, 5) is 4.68. The van der Waals surface area contributed by atoms with Crippen molar-refractivity contribution in [3.63, 3.8) is 0 Å². The fraction of sp³-hybridized carbons (Fsp3) is 0.450. The van der Waals surface area contributed by atoms with Crippen LogP contribution in [-0.4, -0.2) is 26.5 Å². The number of nitrogens with one attached hydrogen (secondary N) is 1. The first kappa shape index (κ1) is 19.6. The Morgan fingerprint density at radius 1 is 1.22 bits per heavy atom. The molecule has 1 aliphatic heterocycles. The highest BCUT2D eigenvalue weighted by atomic mass is 35.5.